The fourth-order valence-corrected chi connectivity index (χ4v) is 3.27. The Balaban J connectivity index is 1.65. The molecule has 4 rings (SSSR count). The lowest BCUT2D eigenvalue weighted by atomic mass is 10.1. The lowest BCUT2D eigenvalue weighted by Crippen LogP contribution is -1.97. The van der Waals surface area contributed by atoms with E-state index in [-0.39, 0.29) is 0 Å². The predicted octanol–water partition coefficient (Wildman–Crippen LogP) is 4.21. The summed E-state index contributed by atoms with van der Waals surface area (Å²) in [6, 6.07) is 10.4. The zero-order valence-corrected chi connectivity index (χ0v) is 12.9. The van der Waals surface area contributed by atoms with Crippen LogP contribution in [-0.2, 0) is 0 Å². The van der Waals surface area contributed by atoms with E-state index in [9.17, 15) is 0 Å². The van der Waals surface area contributed by atoms with Gasteiger partial charge in [0.2, 0.25) is 0 Å². The molecule has 3 heterocycles. The van der Waals surface area contributed by atoms with Gasteiger partial charge in [-0.1, -0.05) is 18.2 Å². The Morgan fingerprint density at radius 1 is 1.09 bits per heavy atom. The first-order valence-electron chi connectivity index (χ1n) is 7.09. The van der Waals surface area contributed by atoms with Crippen LogP contribution in [0.1, 0.15) is 11.4 Å². The molecule has 4 nitrogen and oxygen atoms in total. The number of nitrogens with one attached hydrogen (secondary N) is 1. The van der Waals surface area contributed by atoms with Crippen LogP contribution in [0.4, 0.5) is 11.5 Å². The summed E-state index contributed by atoms with van der Waals surface area (Å²) in [7, 11) is 0. The molecule has 0 atom stereocenters. The molecular weight excluding hydrogens is 292 g/mol. The zero-order chi connectivity index (χ0) is 14.9. The number of anilines is 2. The van der Waals surface area contributed by atoms with Crippen LogP contribution in [0.5, 0.6) is 0 Å². The summed E-state index contributed by atoms with van der Waals surface area (Å²) in [6.07, 6.45) is 4.05. The predicted molar refractivity (Wildman–Crippen MR) is 93.2 cm³/mol. The Morgan fingerprint density at radius 2 is 1.95 bits per heavy atom. The van der Waals surface area contributed by atoms with Crippen molar-refractivity contribution in [2.45, 2.75) is 6.92 Å². The number of aromatic nitrogens is 2. The molecule has 0 amide bonds. The fraction of sp³-hybridized carbons (Fsp3) is 0.118. The Hall–Kier alpha value is -2.53. The second-order valence-corrected chi connectivity index (χ2v) is 6.03. The molecule has 0 radical (unpaired) electrons. The first kappa shape index (κ1) is 13.2. The summed E-state index contributed by atoms with van der Waals surface area (Å²) in [5.74, 6) is 1.64. The van der Waals surface area contributed by atoms with Crippen LogP contribution < -0.4 is 5.32 Å². The van der Waals surface area contributed by atoms with Crippen LogP contribution in [0.2, 0.25) is 0 Å². The van der Waals surface area contributed by atoms with Crippen molar-refractivity contribution in [3.05, 3.63) is 53.2 Å². The SMILES string of the molecule is Cc1nc(Nc2ccc(C3=CCN=C3)cc2)c2sccc2n1. The van der Waals surface area contributed by atoms with Crippen LogP contribution in [-0.4, -0.2) is 22.7 Å². The minimum Gasteiger partial charge on any atom is -0.339 e. The van der Waals surface area contributed by atoms with Gasteiger partial charge in [0.25, 0.3) is 0 Å². The average molecular weight is 306 g/mol. The summed E-state index contributed by atoms with van der Waals surface area (Å²) in [4.78, 5) is 13.2. The quantitative estimate of drug-likeness (QED) is 0.788. The van der Waals surface area contributed by atoms with Crippen LogP contribution in [0, 0.1) is 6.92 Å². The van der Waals surface area contributed by atoms with E-state index in [0.717, 1.165) is 34.1 Å². The maximum absolute atomic E-state index is 4.52. The van der Waals surface area contributed by atoms with Gasteiger partial charge < -0.3 is 5.32 Å². The monoisotopic (exact) mass is 306 g/mol. The molecule has 0 spiro atoms. The van der Waals surface area contributed by atoms with Crippen molar-refractivity contribution in [1.29, 1.82) is 0 Å². The molecule has 0 unspecified atom stereocenters. The molecule has 2 aromatic heterocycles. The Kier molecular flexibility index (Phi) is 3.20. The van der Waals surface area contributed by atoms with Gasteiger partial charge in [-0.05, 0) is 41.6 Å². The van der Waals surface area contributed by atoms with Crippen molar-refractivity contribution in [2.24, 2.45) is 4.99 Å². The Bertz CT molecular complexity index is 891. The molecule has 0 fully saturated rings. The molecule has 5 heteroatoms. The maximum atomic E-state index is 4.52. The van der Waals surface area contributed by atoms with E-state index >= 15 is 0 Å². The van der Waals surface area contributed by atoms with Crippen LogP contribution >= 0.6 is 11.3 Å². The van der Waals surface area contributed by atoms with E-state index < -0.39 is 0 Å². The standard InChI is InChI=1S/C17H14N4S/c1-11-19-15-7-9-22-16(15)17(20-11)21-14-4-2-12(3-5-14)13-6-8-18-10-13/h2-7,9-10H,8H2,1H3,(H,19,20,21). The number of rotatable bonds is 3. The molecule has 1 N–H and O–H groups in total. The second-order valence-electron chi connectivity index (χ2n) is 5.11. The van der Waals surface area contributed by atoms with Crippen LogP contribution in [0.25, 0.3) is 15.8 Å². The third-order valence-electron chi connectivity index (χ3n) is 3.54. The lowest BCUT2D eigenvalue weighted by molar-refractivity contribution is 1.10. The van der Waals surface area contributed by atoms with E-state index in [1.54, 1.807) is 11.3 Å². The minimum absolute atomic E-state index is 0.775. The first-order valence-corrected chi connectivity index (χ1v) is 7.97. The van der Waals surface area contributed by atoms with Crippen molar-refractivity contribution in [3.63, 3.8) is 0 Å². The number of allylic oxidation sites excluding steroid dienone is 1. The summed E-state index contributed by atoms with van der Waals surface area (Å²) in [5, 5.41) is 5.44. The fourth-order valence-electron chi connectivity index (χ4n) is 2.49. The van der Waals surface area contributed by atoms with Gasteiger partial charge in [0.15, 0.2) is 5.82 Å². The second kappa shape index (κ2) is 5.35. The third kappa shape index (κ3) is 2.40. The summed E-state index contributed by atoms with van der Waals surface area (Å²) >= 11 is 1.65. The highest BCUT2D eigenvalue weighted by atomic mass is 32.1. The first-order chi connectivity index (χ1) is 10.8. The van der Waals surface area contributed by atoms with E-state index in [1.807, 2.05) is 24.6 Å². The van der Waals surface area contributed by atoms with E-state index in [0.29, 0.717) is 0 Å². The molecular formula is C17H14N4S. The molecule has 3 aromatic rings. The van der Waals surface area contributed by atoms with Crippen molar-refractivity contribution < 1.29 is 0 Å². The van der Waals surface area contributed by atoms with Crippen molar-refractivity contribution >= 4 is 44.8 Å². The Morgan fingerprint density at radius 3 is 2.73 bits per heavy atom. The van der Waals surface area contributed by atoms with E-state index in [4.69, 9.17) is 0 Å². The van der Waals surface area contributed by atoms with E-state index in [2.05, 4.69) is 50.6 Å². The number of aryl methyl sites for hydroxylation is 1. The van der Waals surface area contributed by atoms with Crippen LogP contribution in [0.3, 0.4) is 0 Å². The normalized spacial score (nSPS) is 13.6. The lowest BCUT2D eigenvalue weighted by Gasteiger charge is -2.08. The molecule has 1 aliphatic heterocycles. The number of hydrogen-bond donors (Lipinski definition) is 1. The molecule has 0 aliphatic carbocycles. The number of benzene rings is 1. The van der Waals surface area contributed by atoms with Crippen molar-refractivity contribution in [1.82, 2.24) is 9.97 Å². The van der Waals surface area contributed by atoms with Crippen molar-refractivity contribution in [2.75, 3.05) is 11.9 Å². The van der Waals surface area contributed by atoms with Gasteiger partial charge in [-0.3, -0.25) is 4.99 Å². The van der Waals surface area contributed by atoms with Gasteiger partial charge in [0.1, 0.15) is 5.82 Å². The largest absolute Gasteiger partial charge is 0.339 e. The molecule has 0 saturated heterocycles. The number of hydrogen-bond acceptors (Lipinski definition) is 5. The number of aliphatic imine (C=N–C) groups is 1. The van der Waals surface area contributed by atoms with Gasteiger partial charge in [0.05, 0.1) is 16.8 Å². The highest BCUT2D eigenvalue weighted by molar-refractivity contribution is 7.17. The highest BCUT2D eigenvalue weighted by Crippen LogP contribution is 2.28. The van der Waals surface area contributed by atoms with Gasteiger partial charge in [-0.2, -0.15) is 0 Å². The van der Waals surface area contributed by atoms with Crippen molar-refractivity contribution in [3.8, 4) is 0 Å². The zero-order valence-electron chi connectivity index (χ0n) is 12.1. The molecule has 0 saturated carbocycles. The van der Waals surface area contributed by atoms with Gasteiger partial charge in [-0.15, -0.1) is 11.3 Å². The maximum Gasteiger partial charge on any atom is 0.152 e. The number of thiophene rings is 1. The summed E-state index contributed by atoms with van der Waals surface area (Å²) < 4.78 is 1.08. The molecule has 1 aliphatic rings. The molecule has 108 valence electrons. The van der Waals surface area contributed by atoms with Gasteiger partial charge in [0, 0.05) is 11.9 Å². The number of nitrogens with zero attached hydrogens (tertiary/aromatic N) is 3. The van der Waals surface area contributed by atoms with Crippen LogP contribution in [0.15, 0.2) is 46.8 Å². The minimum atomic E-state index is 0.775. The van der Waals surface area contributed by atoms with E-state index in [1.165, 1.54) is 11.1 Å². The van der Waals surface area contributed by atoms with Gasteiger partial charge >= 0.3 is 0 Å². The smallest absolute Gasteiger partial charge is 0.152 e. The summed E-state index contributed by atoms with van der Waals surface area (Å²) in [6.45, 7) is 2.70. The average Bonchev–Trinajstić information content (AvgIpc) is 3.18. The molecule has 0 bridgehead atoms. The third-order valence-corrected chi connectivity index (χ3v) is 4.45. The molecule has 22 heavy (non-hydrogen) atoms. The molecule has 1 aromatic carbocycles. The van der Waals surface area contributed by atoms with Gasteiger partial charge in [-0.25, -0.2) is 9.97 Å². The summed E-state index contributed by atoms with van der Waals surface area (Å²) in [5.41, 5.74) is 4.38. The highest BCUT2D eigenvalue weighted by Gasteiger charge is 2.08. The topological polar surface area (TPSA) is 50.2 Å². The Labute approximate surface area is 132 Å². The number of fused-ring (bicyclic) bond motifs is 1.